The van der Waals surface area contributed by atoms with E-state index in [0.717, 1.165) is 16.3 Å². The Bertz CT molecular complexity index is 2180. The summed E-state index contributed by atoms with van der Waals surface area (Å²) in [5.41, 5.74) is 0.726. The minimum Gasteiger partial charge on any atom is -0.508 e. The highest BCUT2D eigenvalue weighted by Crippen LogP contribution is 2.65. The van der Waals surface area contributed by atoms with Crippen molar-refractivity contribution in [1.82, 2.24) is 4.90 Å². The number of carbonyl (C=O) groups excluding carboxylic acids is 4. The highest BCUT2D eigenvalue weighted by molar-refractivity contribution is 6.32. The number of hydrogen-bond donors (Lipinski definition) is 2. The van der Waals surface area contributed by atoms with Gasteiger partial charge >= 0.3 is 5.97 Å². The van der Waals surface area contributed by atoms with Crippen LogP contribution < -0.4 is 4.90 Å². The van der Waals surface area contributed by atoms with Gasteiger partial charge in [-0.3, -0.25) is 28.9 Å². The number of carbonyl (C=O) groups is 5. The SMILES string of the molecule is O=C(O)CCCCCN1C(=O)[C@H]2[C@H](CC=C3[C@H]2C[C@H]2C(=O)N(c4cccc(Cl)c4)C(=O)[C@@]2(c2ccccc2)[C@H]3c2c(O)ccc3ccccc23)C1=O. The van der Waals surface area contributed by atoms with Crippen molar-refractivity contribution in [1.29, 1.82) is 0 Å². The molecule has 2 saturated heterocycles. The van der Waals surface area contributed by atoms with E-state index in [1.165, 1.54) is 9.80 Å². The van der Waals surface area contributed by atoms with Crippen LogP contribution in [0.25, 0.3) is 10.8 Å². The van der Waals surface area contributed by atoms with Crippen LogP contribution in [0.3, 0.4) is 0 Å². The number of halogens is 1. The third-order valence-electron chi connectivity index (χ3n) is 11.8. The van der Waals surface area contributed by atoms with Crippen molar-refractivity contribution < 1.29 is 34.2 Å². The molecule has 1 saturated carbocycles. The predicted molar refractivity (Wildman–Crippen MR) is 195 cm³/mol. The van der Waals surface area contributed by atoms with Crippen molar-refractivity contribution in [3.05, 3.63) is 119 Å². The number of imide groups is 2. The summed E-state index contributed by atoms with van der Waals surface area (Å²) in [6, 6.07) is 26.9. The van der Waals surface area contributed by atoms with Gasteiger partial charge < -0.3 is 10.2 Å². The highest BCUT2D eigenvalue weighted by atomic mass is 35.5. The van der Waals surface area contributed by atoms with Gasteiger partial charge in [-0.15, -0.1) is 0 Å². The van der Waals surface area contributed by atoms with E-state index in [2.05, 4.69) is 0 Å². The first-order chi connectivity index (χ1) is 25.1. The summed E-state index contributed by atoms with van der Waals surface area (Å²) >= 11 is 6.41. The Morgan fingerprint density at radius 3 is 2.37 bits per heavy atom. The van der Waals surface area contributed by atoms with Crippen molar-refractivity contribution >= 4 is 57.7 Å². The van der Waals surface area contributed by atoms with Crippen LogP contribution in [0.1, 0.15) is 55.6 Å². The molecule has 2 heterocycles. The Morgan fingerprint density at radius 1 is 0.827 bits per heavy atom. The van der Waals surface area contributed by atoms with Crippen LogP contribution in [-0.4, -0.2) is 51.3 Å². The van der Waals surface area contributed by atoms with Crippen molar-refractivity contribution in [3.8, 4) is 5.75 Å². The van der Waals surface area contributed by atoms with Gasteiger partial charge in [0.1, 0.15) is 5.75 Å². The number of carboxylic acids is 1. The van der Waals surface area contributed by atoms with E-state index in [-0.39, 0.29) is 43.4 Å². The molecule has 4 amide bonds. The zero-order chi connectivity index (χ0) is 36.3. The lowest BCUT2D eigenvalue weighted by Crippen LogP contribution is -2.53. The fraction of sp³-hybridized carbons (Fsp3) is 0.310. The summed E-state index contributed by atoms with van der Waals surface area (Å²) in [5.74, 6) is -6.08. The van der Waals surface area contributed by atoms with E-state index >= 15 is 4.79 Å². The highest BCUT2D eigenvalue weighted by Gasteiger charge is 2.70. The number of phenolic OH excluding ortho intramolecular Hbond substituents is 1. The average Bonchev–Trinajstić information content (AvgIpc) is 3.52. The van der Waals surface area contributed by atoms with E-state index in [1.54, 1.807) is 30.3 Å². The fourth-order valence-corrected chi connectivity index (χ4v) is 9.84. The maximum atomic E-state index is 15.5. The molecule has 2 aliphatic heterocycles. The lowest BCUT2D eigenvalue weighted by Gasteiger charge is -2.51. The molecule has 0 spiro atoms. The topological polar surface area (TPSA) is 132 Å². The van der Waals surface area contributed by atoms with Crippen molar-refractivity contribution in [2.24, 2.45) is 23.7 Å². The number of benzene rings is 4. The van der Waals surface area contributed by atoms with E-state index in [4.69, 9.17) is 16.7 Å². The molecular weight excluding hydrogens is 680 g/mol. The second-order valence-electron chi connectivity index (χ2n) is 14.3. The van der Waals surface area contributed by atoms with Gasteiger partial charge in [-0.05, 0) is 72.2 Å². The first-order valence-corrected chi connectivity index (χ1v) is 18.2. The molecule has 0 bridgehead atoms. The van der Waals surface area contributed by atoms with Crippen molar-refractivity contribution in [2.45, 2.75) is 49.9 Å². The number of anilines is 1. The molecule has 52 heavy (non-hydrogen) atoms. The molecule has 6 atom stereocenters. The average molecular weight is 717 g/mol. The van der Waals surface area contributed by atoms with Crippen LogP contribution in [0.4, 0.5) is 5.69 Å². The molecular formula is C42H37ClN2O7. The number of carboxylic acid groups (broad SMARTS) is 1. The van der Waals surface area contributed by atoms with Crippen LogP contribution in [-0.2, 0) is 29.4 Å². The van der Waals surface area contributed by atoms with Gasteiger partial charge in [-0.2, -0.15) is 0 Å². The monoisotopic (exact) mass is 716 g/mol. The normalized spacial score (nSPS) is 26.7. The van der Waals surface area contributed by atoms with Crippen molar-refractivity contribution in [2.75, 3.05) is 11.4 Å². The lowest BCUT2D eigenvalue weighted by molar-refractivity contribution is -0.141. The van der Waals surface area contributed by atoms with Crippen LogP contribution in [0.5, 0.6) is 5.75 Å². The Morgan fingerprint density at radius 2 is 1.60 bits per heavy atom. The number of nitrogens with zero attached hydrogens (tertiary/aromatic N) is 2. The number of hydrogen-bond acceptors (Lipinski definition) is 6. The quantitative estimate of drug-likeness (QED) is 0.108. The number of phenols is 1. The zero-order valence-corrected chi connectivity index (χ0v) is 29.0. The van der Waals surface area contributed by atoms with Crippen molar-refractivity contribution in [3.63, 3.8) is 0 Å². The second kappa shape index (κ2) is 13.0. The summed E-state index contributed by atoms with van der Waals surface area (Å²) in [5, 5.41) is 22.8. The van der Waals surface area contributed by atoms with Crippen LogP contribution >= 0.6 is 11.6 Å². The Labute approximate surface area is 305 Å². The maximum absolute atomic E-state index is 15.5. The van der Waals surface area contributed by atoms with E-state index < -0.39 is 52.8 Å². The van der Waals surface area contributed by atoms with Gasteiger partial charge in [0.2, 0.25) is 23.6 Å². The molecule has 264 valence electrons. The maximum Gasteiger partial charge on any atom is 0.303 e. The summed E-state index contributed by atoms with van der Waals surface area (Å²) < 4.78 is 0. The Balaban J connectivity index is 1.32. The number of fused-ring (bicyclic) bond motifs is 5. The first-order valence-electron chi connectivity index (χ1n) is 17.8. The third-order valence-corrected chi connectivity index (χ3v) is 12.0. The fourth-order valence-electron chi connectivity index (χ4n) is 9.65. The van der Waals surface area contributed by atoms with E-state index in [1.807, 2.05) is 66.7 Å². The molecule has 2 N–H and O–H groups in total. The van der Waals surface area contributed by atoms with E-state index in [9.17, 15) is 24.3 Å². The zero-order valence-electron chi connectivity index (χ0n) is 28.3. The Kier molecular flexibility index (Phi) is 8.49. The molecule has 0 unspecified atom stereocenters. The molecule has 4 aromatic rings. The number of amides is 4. The molecule has 4 aliphatic rings. The number of rotatable bonds is 9. The summed E-state index contributed by atoms with van der Waals surface area (Å²) in [4.78, 5) is 72.2. The summed E-state index contributed by atoms with van der Waals surface area (Å²) in [6.45, 7) is 0.192. The molecule has 3 fully saturated rings. The van der Waals surface area contributed by atoms with Crippen LogP contribution in [0, 0.1) is 23.7 Å². The molecule has 2 aliphatic carbocycles. The largest absolute Gasteiger partial charge is 0.508 e. The Hall–Kier alpha value is -5.28. The summed E-state index contributed by atoms with van der Waals surface area (Å²) in [6.07, 6.45) is 3.93. The number of allylic oxidation sites excluding steroid dienone is 2. The first kappa shape index (κ1) is 33.8. The van der Waals surface area contributed by atoms with Crippen LogP contribution in [0.15, 0.2) is 103 Å². The van der Waals surface area contributed by atoms with Gasteiger partial charge in [0.05, 0.1) is 28.9 Å². The third kappa shape index (κ3) is 5.08. The standard InChI is InChI=1S/C42H37ClN2O7/c43-26-13-9-14-27(22-26)45-39(50)32-23-31-29(18-19-30-35(31)40(51)44(38(30)49)21-8-2-5-16-34(47)48)37(42(32,41(45)52)25-11-3-1-4-12-25)36-28-15-7-6-10-24(28)17-20-33(36)46/h1,3-4,6-7,9-15,17-18,20,22,30-32,35,37,46H,2,5,8,16,19,21,23H2,(H,47,48)/t30-,31+,32-,35-,37+,42+/m0/s1. The molecule has 9 nitrogen and oxygen atoms in total. The van der Waals surface area contributed by atoms with Gasteiger partial charge in [-0.25, -0.2) is 4.90 Å². The number of unbranched alkanes of at least 4 members (excludes halogenated alkanes) is 2. The lowest BCUT2D eigenvalue weighted by atomic mass is 9.48. The molecule has 8 rings (SSSR count). The molecule has 10 heteroatoms. The van der Waals surface area contributed by atoms with Crippen LogP contribution in [0.2, 0.25) is 5.02 Å². The van der Waals surface area contributed by atoms with Gasteiger partial charge in [0.25, 0.3) is 0 Å². The predicted octanol–water partition coefficient (Wildman–Crippen LogP) is 7.01. The number of aliphatic carboxylic acids is 1. The number of likely N-dealkylation sites (tertiary alicyclic amines) is 1. The van der Waals surface area contributed by atoms with Gasteiger partial charge in [0.15, 0.2) is 0 Å². The molecule has 4 aromatic carbocycles. The minimum atomic E-state index is -1.51. The smallest absolute Gasteiger partial charge is 0.303 e. The molecule has 0 aromatic heterocycles. The van der Waals surface area contributed by atoms with E-state index in [0.29, 0.717) is 41.1 Å². The minimum absolute atomic E-state index is 0.0222. The second-order valence-corrected chi connectivity index (χ2v) is 14.8. The molecule has 0 radical (unpaired) electrons. The number of aromatic hydroxyl groups is 1. The van der Waals surface area contributed by atoms with Gasteiger partial charge in [0, 0.05) is 29.5 Å². The summed E-state index contributed by atoms with van der Waals surface area (Å²) in [7, 11) is 0. The van der Waals surface area contributed by atoms with Gasteiger partial charge in [-0.1, -0.05) is 96.4 Å².